The first-order valence-corrected chi connectivity index (χ1v) is 8.96. The molecule has 1 unspecified atom stereocenters. The molecular weight excluding hydrogens is 304 g/mol. The summed E-state index contributed by atoms with van der Waals surface area (Å²) in [5, 5.41) is 0. The second kappa shape index (κ2) is 7.99. The Morgan fingerprint density at radius 1 is 1.25 bits per heavy atom. The highest BCUT2D eigenvalue weighted by molar-refractivity contribution is 5.81. The highest BCUT2D eigenvalue weighted by Gasteiger charge is 2.30. The third-order valence-corrected chi connectivity index (χ3v) is 4.90. The first kappa shape index (κ1) is 17.2. The normalized spacial score (nSPS) is 21.9. The second-order valence-corrected chi connectivity index (χ2v) is 6.79. The molecule has 2 aliphatic heterocycles. The molecule has 0 saturated carbocycles. The van der Waals surface area contributed by atoms with Gasteiger partial charge in [-0.2, -0.15) is 0 Å². The van der Waals surface area contributed by atoms with Crippen LogP contribution in [0.4, 0.5) is 0 Å². The number of benzene rings is 1. The lowest BCUT2D eigenvalue weighted by atomic mass is 10.1. The third kappa shape index (κ3) is 4.28. The van der Waals surface area contributed by atoms with Crippen LogP contribution in [0.15, 0.2) is 18.2 Å². The van der Waals surface area contributed by atoms with Crippen LogP contribution in [0, 0.1) is 13.8 Å². The van der Waals surface area contributed by atoms with Crippen LogP contribution in [0.25, 0.3) is 0 Å². The van der Waals surface area contributed by atoms with Gasteiger partial charge in [-0.05, 0) is 43.9 Å². The minimum absolute atomic E-state index is 0.179. The average molecular weight is 332 g/mol. The summed E-state index contributed by atoms with van der Waals surface area (Å²) in [6.45, 7) is 9.87. The lowest BCUT2D eigenvalue weighted by molar-refractivity contribution is -0.142. The zero-order valence-electron chi connectivity index (χ0n) is 14.8. The molecule has 2 fully saturated rings. The predicted octanol–water partition coefficient (Wildman–Crippen LogP) is 2.01. The van der Waals surface area contributed by atoms with E-state index in [0.29, 0.717) is 6.61 Å². The Bertz CT molecular complexity index is 562. The lowest BCUT2D eigenvalue weighted by Gasteiger charge is -2.35. The molecule has 0 aliphatic carbocycles. The molecule has 1 amide bonds. The largest absolute Gasteiger partial charge is 0.492 e. The number of ether oxygens (including phenoxy) is 2. The van der Waals surface area contributed by atoms with E-state index in [1.807, 2.05) is 4.90 Å². The van der Waals surface area contributed by atoms with Crippen molar-refractivity contribution in [1.82, 2.24) is 9.80 Å². The minimum atomic E-state index is -0.191. The summed E-state index contributed by atoms with van der Waals surface area (Å²) in [5.74, 6) is 1.15. The van der Waals surface area contributed by atoms with Gasteiger partial charge in [0.2, 0.25) is 0 Å². The van der Waals surface area contributed by atoms with E-state index in [2.05, 4.69) is 36.9 Å². The van der Waals surface area contributed by atoms with Gasteiger partial charge >= 0.3 is 0 Å². The van der Waals surface area contributed by atoms with Gasteiger partial charge in [-0.1, -0.05) is 12.1 Å². The van der Waals surface area contributed by atoms with Crippen molar-refractivity contribution in [3.63, 3.8) is 0 Å². The van der Waals surface area contributed by atoms with Gasteiger partial charge < -0.3 is 14.4 Å². The van der Waals surface area contributed by atoms with E-state index < -0.39 is 0 Å². The van der Waals surface area contributed by atoms with Crippen LogP contribution in [0.2, 0.25) is 0 Å². The Morgan fingerprint density at radius 2 is 2.04 bits per heavy atom. The number of rotatable bonds is 5. The number of nitrogens with zero attached hydrogens (tertiary/aromatic N) is 2. The van der Waals surface area contributed by atoms with Crippen molar-refractivity contribution in [2.45, 2.75) is 32.8 Å². The van der Waals surface area contributed by atoms with Crippen molar-refractivity contribution in [3.05, 3.63) is 29.3 Å². The van der Waals surface area contributed by atoms with E-state index in [1.54, 1.807) is 0 Å². The van der Waals surface area contributed by atoms with Crippen LogP contribution < -0.4 is 4.74 Å². The van der Waals surface area contributed by atoms with Crippen LogP contribution in [0.3, 0.4) is 0 Å². The highest BCUT2D eigenvalue weighted by atomic mass is 16.5. The van der Waals surface area contributed by atoms with Crippen LogP contribution in [0.1, 0.15) is 24.0 Å². The first-order valence-electron chi connectivity index (χ1n) is 8.96. The Morgan fingerprint density at radius 3 is 2.75 bits per heavy atom. The van der Waals surface area contributed by atoms with E-state index in [9.17, 15) is 4.79 Å². The molecule has 5 nitrogen and oxygen atoms in total. The average Bonchev–Trinajstić information content (AvgIpc) is 3.12. The van der Waals surface area contributed by atoms with Gasteiger partial charge in [0.1, 0.15) is 18.5 Å². The van der Waals surface area contributed by atoms with Gasteiger partial charge in [-0.25, -0.2) is 0 Å². The molecule has 2 saturated heterocycles. The quantitative estimate of drug-likeness (QED) is 0.827. The second-order valence-electron chi connectivity index (χ2n) is 6.79. The predicted molar refractivity (Wildman–Crippen MR) is 93.4 cm³/mol. The number of hydrogen-bond acceptors (Lipinski definition) is 4. The van der Waals surface area contributed by atoms with Crippen LogP contribution >= 0.6 is 0 Å². The molecular formula is C19H28N2O3. The zero-order valence-corrected chi connectivity index (χ0v) is 14.8. The van der Waals surface area contributed by atoms with Crippen molar-refractivity contribution < 1.29 is 14.3 Å². The van der Waals surface area contributed by atoms with Gasteiger partial charge in [-0.3, -0.25) is 9.69 Å². The van der Waals surface area contributed by atoms with Crippen molar-refractivity contribution in [1.29, 1.82) is 0 Å². The molecule has 3 rings (SSSR count). The number of aryl methyl sites for hydroxylation is 2. The molecule has 5 heteroatoms. The van der Waals surface area contributed by atoms with Gasteiger partial charge in [0.25, 0.3) is 5.91 Å². The Labute approximate surface area is 144 Å². The van der Waals surface area contributed by atoms with Crippen LogP contribution in [-0.2, 0) is 9.53 Å². The van der Waals surface area contributed by atoms with Crippen molar-refractivity contribution in [2.24, 2.45) is 0 Å². The molecule has 24 heavy (non-hydrogen) atoms. The number of carbonyl (C=O) groups excluding carboxylic acids is 1. The molecule has 2 heterocycles. The molecule has 0 bridgehead atoms. The van der Waals surface area contributed by atoms with Gasteiger partial charge in [0.05, 0.1) is 0 Å². The van der Waals surface area contributed by atoms with Crippen LogP contribution in [-0.4, -0.2) is 67.7 Å². The highest BCUT2D eigenvalue weighted by Crippen LogP contribution is 2.19. The Kier molecular flexibility index (Phi) is 5.74. The summed E-state index contributed by atoms with van der Waals surface area (Å²) in [7, 11) is 0. The monoisotopic (exact) mass is 332 g/mol. The number of hydrogen-bond donors (Lipinski definition) is 0. The molecule has 1 aromatic rings. The standard InChI is InChI=1S/C19H28N2O3/c1-15-5-6-16(2)18(14-15)24-13-11-20-7-9-21(10-8-20)19(22)17-4-3-12-23-17/h5-6,14,17H,3-4,7-13H2,1-2H3. The SMILES string of the molecule is Cc1ccc(C)c(OCCN2CCN(C(=O)C3CCCO3)CC2)c1. The lowest BCUT2D eigenvalue weighted by Crippen LogP contribution is -2.52. The number of carbonyl (C=O) groups is 1. The summed E-state index contributed by atoms with van der Waals surface area (Å²) >= 11 is 0. The Balaban J connectivity index is 1.39. The van der Waals surface area contributed by atoms with Gasteiger partial charge in [0, 0.05) is 39.3 Å². The molecule has 2 aliphatic rings. The van der Waals surface area contributed by atoms with Crippen LogP contribution in [0.5, 0.6) is 5.75 Å². The topological polar surface area (TPSA) is 42.0 Å². The summed E-state index contributed by atoms with van der Waals surface area (Å²) in [4.78, 5) is 16.7. The fraction of sp³-hybridized carbons (Fsp3) is 0.632. The maximum atomic E-state index is 12.3. The molecule has 1 aromatic carbocycles. The third-order valence-electron chi connectivity index (χ3n) is 4.90. The van der Waals surface area contributed by atoms with E-state index in [-0.39, 0.29) is 12.0 Å². The fourth-order valence-electron chi connectivity index (χ4n) is 3.32. The maximum Gasteiger partial charge on any atom is 0.251 e. The Hall–Kier alpha value is -1.59. The van der Waals surface area contributed by atoms with Crippen molar-refractivity contribution >= 4 is 5.91 Å². The summed E-state index contributed by atoms with van der Waals surface area (Å²) < 4.78 is 11.4. The molecule has 132 valence electrons. The van der Waals surface area contributed by atoms with Crippen molar-refractivity contribution in [2.75, 3.05) is 45.9 Å². The summed E-state index contributed by atoms with van der Waals surface area (Å²) in [6, 6.07) is 6.29. The van der Waals surface area contributed by atoms with E-state index in [1.165, 1.54) is 11.1 Å². The smallest absolute Gasteiger partial charge is 0.251 e. The molecule has 0 spiro atoms. The minimum Gasteiger partial charge on any atom is -0.492 e. The van der Waals surface area contributed by atoms with Gasteiger partial charge in [0.15, 0.2) is 0 Å². The number of piperazine rings is 1. The molecule has 0 radical (unpaired) electrons. The summed E-state index contributed by atoms with van der Waals surface area (Å²) in [5.41, 5.74) is 2.39. The molecule has 0 N–H and O–H groups in total. The van der Waals surface area contributed by atoms with Gasteiger partial charge in [-0.15, -0.1) is 0 Å². The fourth-order valence-corrected chi connectivity index (χ4v) is 3.32. The van der Waals surface area contributed by atoms with E-state index >= 15 is 0 Å². The van der Waals surface area contributed by atoms with Crippen molar-refractivity contribution in [3.8, 4) is 5.75 Å². The van der Waals surface area contributed by atoms with E-state index in [4.69, 9.17) is 9.47 Å². The zero-order chi connectivity index (χ0) is 16.9. The van der Waals surface area contributed by atoms with E-state index in [0.717, 1.165) is 57.9 Å². The number of amides is 1. The first-order chi connectivity index (χ1) is 11.6. The summed E-state index contributed by atoms with van der Waals surface area (Å²) in [6.07, 6.45) is 1.69. The molecule has 0 aromatic heterocycles. The molecule has 1 atom stereocenters. The maximum absolute atomic E-state index is 12.3.